The van der Waals surface area contributed by atoms with Gasteiger partial charge in [0.25, 0.3) is 5.91 Å². The molecule has 0 spiro atoms. The van der Waals surface area contributed by atoms with Crippen LogP contribution in [0.2, 0.25) is 0 Å². The van der Waals surface area contributed by atoms with Gasteiger partial charge in [-0.05, 0) is 42.1 Å². The fourth-order valence-corrected chi connectivity index (χ4v) is 2.55. The molecular weight excluding hydrogens is 343 g/mol. The number of hydrogen-bond donors (Lipinski definition) is 1. The number of thiophene rings is 1. The van der Waals surface area contributed by atoms with Crippen molar-refractivity contribution in [3.8, 4) is 0 Å². The van der Waals surface area contributed by atoms with Crippen LogP contribution in [0.1, 0.15) is 16.9 Å². The van der Waals surface area contributed by atoms with Crippen LogP contribution in [0.25, 0.3) is 0 Å². The van der Waals surface area contributed by atoms with Gasteiger partial charge >= 0.3 is 12.1 Å². The molecule has 0 aliphatic carbocycles. The van der Waals surface area contributed by atoms with Gasteiger partial charge in [0.2, 0.25) is 0 Å². The van der Waals surface area contributed by atoms with Gasteiger partial charge in [0.1, 0.15) is 0 Å². The Bertz CT molecular complexity index is 682. The summed E-state index contributed by atoms with van der Waals surface area (Å²) in [5.41, 5.74) is -0.608. The van der Waals surface area contributed by atoms with Gasteiger partial charge in [-0.15, -0.1) is 11.3 Å². The topological polar surface area (TPSA) is 55.4 Å². The van der Waals surface area contributed by atoms with Crippen molar-refractivity contribution in [2.75, 3.05) is 11.9 Å². The van der Waals surface area contributed by atoms with Crippen LogP contribution in [-0.4, -0.2) is 18.5 Å². The molecule has 2 aromatic rings. The third kappa shape index (κ3) is 5.69. The molecule has 0 aliphatic rings. The van der Waals surface area contributed by atoms with Crippen LogP contribution in [0.5, 0.6) is 0 Å². The second-order valence-corrected chi connectivity index (χ2v) is 5.90. The number of ether oxygens (including phenoxy) is 1. The predicted molar refractivity (Wildman–Crippen MR) is 83.7 cm³/mol. The number of aryl methyl sites for hydroxylation is 1. The fourth-order valence-electron chi connectivity index (χ4n) is 1.84. The maximum atomic E-state index is 12.4. The Balaban J connectivity index is 1.73. The first-order chi connectivity index (χ1) is 11.3. The molecule has 8 heteroatoms. The average molecular weight is 357 g/mol. The number of esters is 1. The number of amides is 1. The van der Waals surface area contributed by atoms with Crippen molar-refractivity contribution >= 4 is 28.9 Å². The highest BCUT2D eigenvalue weighted by Gasteiger charge is 2.29. The summed E-state index contributed by atoms with van der Waals surface area (Å²) in [6.45, 7) is -0.482. The number of halogens is 3. The van der Waals surface area contributed by atoms with Crippen molar-refractivity contribution in [1.29, 1.82) is 0 Å². The zero-order chi connectivity index (χ0) is 17.6. The summed E-state index contributed by atoms with van der Waals surface area (Å²) >= 11 is 1.53. The van der Waals surface area contributed by atoms with Crippen LogP contribution in [0, 0.1) is 0 Å². The highest BCUT2D eigenvalue weighted by Crippen LogP contribution is 2.29. The lowest BCUT2D eigenvalue weighted by atomic mass is 10.2. The van der Waals surface area contributed by atoms with Crippen molar-refractivity contribution in [2.45, 2.75) is 19.0 Å². The molecule has 128 valence electrons. The zero-order valence-corrected chi connectivity index (χ0v) is 13.2. The molecule has 4 nitrogen and oxygen atoms in total. The van der Waals surface area contributed by atoms with Crippen molar-refractivity contribution in [3.63, 3.8) is 0 Å². The van der Waals surface area contributed by atoms with E-state index in [0.29, 0.717) is 6.42 Å². The van der Waals surface area contributed by atoms with E-state index in [2.05, 4.69) is 5.32 Å². The van der Waals surface area contributed by atoms with E-state index < -0.39 is 30.2 Å². The van der Waals surface area contributed by atoms with Crippen LogP contribution in [0.15, 0.2) is 41.8 Å². The van der Waals surface area contributed by atoms with E-state index in [-0.39, 0.29) is 12.1 Å². The molecule has 0 fully saturated rings. The lowest BCUT2D eigenvalue weighted by Gasteiger charge is -2.09. The van der Waals surface area contributed by atoms with Crippen molar-refractivity contribution in [1.82, 2.24) is 0 Å². The molecule has 1 aromatic heterocycles. The molecule has 0 radical (unpaired) electrons. The average Bonchev–Trinajstić information content (AvgIpc) is 3.04. The highest BCUT2D eigenvalue weighted by atomic mass is 32.1. The smallest absolute Gasteiger partial charge is 0.416 e. The van der Waals surface area contributed by atoms with Crippen LogP contribution in [0.3, 0.4) is 0 Å². The van der Waals surface area contributed by atoms with Gasteiger partial charge in [-0.3, -0.25) is 9.59 Å². The van der Waals surface area contributed by atoms with Crippen LogP contribution < -0.4 is 5.32 Å². The lowest BCUT2D eigenvalue weighted by Crippen LogP contribution is -2.21. The summed E-state index contributed by atoms with van der Waals surface area (Å²) in [7, 11) is 0. The summed E-state index contributed by atoms with van der Waals surface area (Å²) in [5, 5.41) is 4.27. The van der Waals surface area contributed by atoms with Crippen molar-refractivity contribution in [2.24, 2.45) is 0 Å². The van der Waals surface area contributed by atoms with Gasteiger partial charge in [0.05, 0.1) is 12.0 Å². The second kappa shape index (κ2) is 7.96. The molecule has 1 N–H and O–H groups in total. The summed E-state index contributed by atoms with van der Waals surface area (Å²) in [4.78, 5) is 24.2. The highest BCUT2D eigenvalue weighted by molar-refractivity contribution is 7.09. The van der Waals surface area contributed by atoms with Crippen molar-refractivity contribution < 1.29 is 27.5 Å². The van der Waals surface area contributed by atoms with E-state index in [4.69, 9.17) is 4.74 Å². The molecule has 24 heavy (non-hydrogen) atoms. The fraction of sp³-hybridized carbons (Fsp3) is 0.250. The third-order valence-electron chi connectivity index (χ3n) is 3.02. The molecule has 0 saturated heterocycles. The summed E-state index contributed by atoms with van der Waals surface area (Å²) < 4.78 is 42.1. The van der Waals surface area contributed by atoms with Gasteiger partial charge in [0.15, 0.2) is 6.61 Å². The van der Waals surface area contributed by atoms with E-state index in [1.54, 1.807) is 0 Å². The van der Waals surface area contributed by atoms with E-state index in [9.17, 15) is 22.8 Å². The van der Waals surface area contributed by atoms with Crippen LogP contribution >= 0.6 is 11.3 Å². The summed E-state index contributed by atoms with van der Waals surface area (Å²) in [6, 6.07) is 7.78. The number of anilines is 1. The number of hydrogen-bond acceptors (Lipinski definition) is 4. The summed E-state index contributed by atoms with van der Waals surface area (Å²) in [6.07, 6.45) is -3.73. The Morgan fingerprint density at radius 2 is 1.83 bits per heavy atom. The molecule has 0 saturated carbocycles. The number of rotatable bonds is 6. The first kappa shape index (κ1) is 18.0. The third-order valence-corrected chi connectivity index (χ3v) is 3.95. The Morgan fingerprint density at radius 3 is 2.42 bits per heavy atom. The Hall–Kier alpha value is -2.35. The minimum Gasteiger partial charge on any atom is -0.456 e. The Morgan fingerprint density at radius 1 is 1.12 bits per heavy atom. The van der Waals surface area contributed by atoms with Crippen molar-refractivity contribution in [3.05, 3.63) is 52.2 Å². The molecule has 0 atom stereocenters. The molecule has 0 bridgehead atoms. The molecule has 0 aliphatic heterocycles. The quantitative estimate of drug-likeness (QED) is 0.798. The maximum Gasteiger partial charge on any atom is 0.416 e. The summed E-state index contributed by atoms with van der Waals surface area (Å²) in [5.74, 6) is -1.12. The zero-order valence-electron chi connectivity index (χ0n) is 12.4. The SMILES string of the molecule is O=C(COC(=O)CCc1cccs1)Nc1ccc(C(F)(F)F)cc1. The molecular formula is C16H14F3NO3S. The van der Waals surface area contributed by atoms with E-state index in [1.165, 1.54) is 11.3 Å². The molecule has 1 amide bonds. The second-order valence-electron chi connectivity index (χ2n) is 4.86. The van der Waals surface area contributed by atoms with Gasteiger partial charge < -0.3 is 10.1 Å². The number of carbonyl (C=O) groups is 2. The number of nitrogens with one attached hydrogen (secondary N) is 1. The van der Waals surface area contributed by atoms with E-state index >= 15 is 0 Å². The minimum absolute atomic E-state index is 0.161. The van der Waals surface area contributed by atoms with Gasteiger partial charge in [-0.2, -0.15) is 13.2 Å². The van der Waals surface area contributed by atoms with Gasteiger partial charge in [0, 0.05) is 10.6 Å². The normalized spacial score (nSPS) is 11.1. The van der Waals surface area contributed by atoms with Crippen LogP contribution in [-0.2, 0) is 26.9 Å². The Labute approximate surface area is 140 Å². The van der Waals surface area contributed by atoms with Crippen LogP contribution in [0.4, 0.5) is 18.9 Å². The number of benzene rings is 1. The molecule has 1 aromatic carbocycles. The maximum absolute atomic E-state index is 12.4. The minimum atomic E-state index is -4.43. The molecule has 2 rings (SSSR count). The van der Waals surface area contributed by atoms with Gasteiger partial charge in [-0.1, -0.05) is 6.07 Å². The standard InChI is InChI=1S/C16H14F3NO3S/c17-16(18,19)11-3-5-12(6-4-11)20-14(21)10-23-15(22)8-7-13-2-1-9-24-13/h1-6,9H,7-8,10H2,(H,20,21). The van der Waals surface area contributed by atoms with E-state index in [0.717, 1.165) is 29.1 Å². The first-order valence-corrected chi connectivity index (χ1v) is 7.87. The van der Waals surface area contributed by atoms with E-state index in [1.807, 2.05) is 17.5 Å². The Kier molecular flexibility index (Phi) is 5.97. The molecule has 1 heterocycles. The molecule has 0 unspecified atom stereocenters. The number of carbonyl (C=O) groups excluding carboxylic acids is 2. The predicted octanol–water partition coefficient (Wildman–Crippen LogP) is 3.88. The largest absolute Gasteiger partial charge is 0.456 e. The monoisotopic (exact) mass is 357 g/mol. The first-order valence-electron chi connectivity index (χ1n) is 7.00. The number of alkyl halides is 3. The van der Waals surface area contributed by atoms with Gasteiger partial charge in [-0.25, -0.2) is 0 Å². The lowest BCUT2D eigenvalue weighted by molar-refractivity contribution is -0.147.